The van der Waals surface area contributed by atoms with Gasteiger partial charge >= 0.3 is 0 Å². The maximum absolute atomic E-state index is 11.8. The van der Waals surface area contributed by atoms with Crippen LogP contribution in [0.3, 0.4) is 0 Å². The monoisotopic (exact) mass is 294 g/mol. The molecule has 0 atom stereocenters. The van der Waals surface area contributed by atoms with Crippen LogP contribution in [-0.2, 0) is 14.8 Å². The van der Waals surface area contributed by atoms with Gasteiger partial charge in [0.2, 0.25) is 0 Å². The van der Waals surface area contributed by atoms with E-state index in [1.54, 1.807) is 11.4 Å². The molecule has 1 aromatic rings. The topological polar surface area (TPSA) is 66.5 Å². The molecule has 1 fully saturated rings. The minimum atomic E-state index is -3.69. The molecule has 0 unspecified atom stereocenters. The van der Waals surface area contributed by atoms with E-state index in [9.17, 15) is 13.2 Å². The van der Waals surface area contributed by atoms with Gasteiger partial charge in [0, 0.05) is 0 Å². The summed E-state index contributed by atoms with van der Waals surface area (Å²) in [7, 11) is -3.69. The number of nitrogens with zero attached hydrogens (tertiary/aromatic N) is 1. The molecule has 0 bridgehead atoms. The van der Waals surface area contributed by atoms with Crippen LogP contribution in [0.1, 0.15) is 0 Å². The van der Waals surface area contributed by atoms with Crippen molar-refractivity contribution in [2.45, 2.75) is 4.21 Å². The van der Waals surface area contributed by atoms with Crippen LogP contribution >= 0.6 is 35.3 Å². The van der Waals surface area contributed by atoms with Crippen molar-refractivity contribution in [3.8, 4) is 0 Å². The quantitative estimate of drug-likeness (QED) is 0.835. The second-order valence-electron chi connectivity index (χ2n) is 2.81. The Bertz CT molecular complexity index is 506. The van der Waals surface area contributed by atoms with Crippen LogP contribution < -0.4 is 4.83 Å². The molecule has 0 aliphatic carbocycles. The van der Waals surface area contributed by atoms with Crippen LogP contribution in [0.15, 0.2) is 21.7 Å². The summed E-state index contributed by atoms with van der Waals surface area (Å²) in [6.45, 7) is 0. The average molecular weight is 294 g/mol. The van der Waals surface area contributed by atoms with E-state index >= 15 is 0 Å². The number of amides is 1. The van der Waals surface area contributed by atoms with Crippen molar-refractivity contribution in [3.05, 3.63) is 17.5 Å². The molecule has 0 saturated carbocycles. The molecule has 0 aromatic carbocycles. The highest BCUT2D eigenvalue weighted by atomic mass is 32.2. The molecule has 1 N–H and O–H groups in total. The SMILES string of the molecule is O=C1CSC(=S)N1NS(=O)(=O)c1cccs1. The molecule has 0 spiro atoms. The maximum atomic E-state index is 11.8. The summed E-state index contributed by atoms with van der Waals surface area (Å²) in [6.07, 6.45) is 0. The first kappa shape index (κ1) is 12.0. The van der Waals surface area contributed by atoms with Crippen LogP contribution in [0.2, 0.25) is 0 Å². The van der Waals surface area contributed by atoms with Crippen molar-refractivity contribution >= 4 is 55.6 Å². The number of carbonyl (C=O) groups excluding carboxylic acids is 1. The highest BCUT2D eigenvalue weighted by molar-refractivity contribution is 8.24. The minimum Gasteiger partial charge on any atom is -0.272 e. The van der Waals surface area contributed by atoms with Gasteiger partial charge in [0.25, 0.3) is 15.9 Å². The zero-order valence-corrected chi connectivity index (χ0v) is 11.0. The van der Waals surface area contributed by atoms with Crippen molar-refractivity contribution in [3.63, 3.8) is 0 Å². The summed E-state index contributed by atoms with van der Waals surface area (Å²) in [6, 6.07) is 3.09. The van der Waals surface area contributed by atoms with Gasteiger partial charge in [-0.3, -0.25) is 4.79 Å². The Morgan fingerprint density at radius 3 is 2.75 bits per heavy atom. The van der Waals surface area contributed by atoms with Crippen LogP contribution in [0.4, 0.5) is 0 Å². The zero-order valence-electron chi connectivity index (χ0n) is 7.74. The maximum Gasteiger partial charge on any atom is 0.267 e. The van der Waals surface area contributed by atoms with E-state index in [1.165, 1.54) is 6.07 Å². The van der Waals surface area contributed by atoms with Gasteiger partial charge < -0.3 is 0 Å². The number of hydrazine groups is 1. The molecular formula is C7H6N2O3S4. The van der Waals surface area contributed by atoms with Crippen molar-refractivity contribution in [1.82, 2.24) is 9.84 Å². The molecule has 2 rings (SSSR count). The molecule has 86 valence electrons. The number of nitrogens with one attached hydrogen (secondary N) is 1. The summed E-state index contributed by atoms with van der Waals surface area (Å²) in [5.41, 5.74) is 0. The number of thioether (sulfide) groups is 1. The Morgan fingerprint density at radius 2 is 2.25 bits per heavy atom. The number of thiocarbonyl (C=S) groups is 1. The lowest BCUT2D eigenvalue weighted by molar-refractivity contribution is -0.125. The second-order valence-corrected chi connectivity index (χ2v) is 7.26. The Hall–Kier alpha value is -0.480. The Morgan fingerprint density at radius 1 is 1.50 bits per heavy atom. The predicted octanol–water partition coefficient (Wildman–Crippen LogP) is 0.802. The third kappa shape index (κ3) is 2.28. The lowest BCUT2D eigenvalue weighted by atomic mass is 10.7. The van der Waals surface area contributed by atoms with Crippen molar-refractivity contribution in [1.29, 1.82) is 0 Å². The molecule has 16 heavy (non-hydrogen) atoms. The molecule has 1 saturated heterocycles. The molecule has 2 heterocycles. The summed E-state index contributed by atoms with van der Waals surface area (Å²) >= 11 is 7.07. The third-order valence-corrected chi connectivity index (χ3v) is 5.78. The Balaban J connectivity index is 2.22. The van der Waals surface area contributed by atoms with Crippen LogP contribution in [0, 0.1) is 0 Å². The van der Waals surface area contributed by atoms with Crippen LogP contribution in [0.5, 0.6) is 0 Å². The van der Waals surface area contributed by atoms with Crippen molar-refractivity contribution in [2.24, 2.45) is 0 Å². The van der Waals surface area contributed by atoms with E-state index in [0.29, 0.717) is 0 Å². The fraction of sp³-hybridized carbons (Fsp3) is 0.143. The average Bonchev–Trinajstić information content (AvgIpc) is 2.83. The summed E-state index contributed by atoms with van der Waals surface area (Å²) < 4.78 is 23.9. The smallest absolute Gasteiger partial charge is 0.267 e. The fourth-order valence-electron chi connectivity index (χ4n) is 1.02. The predicted molar refractivity (Wildman–Crippen MR) is 66.5 cm³/mol. The standard InChI is InChI=1S/C7H6N2O3S4/c10-5-4-15-7(13)9(5)8-16(11,12)6-2-1-3-14-6/h1-3,8H,4H2. The summed E-state index contributed by atoms with van der Waals surface area (Å²) in [4.78, 5) is 13.5. The van der Waals surface area contributed by atoms with Gasteiger partial charge in [-0.1, -0.05) is 30.0 Å². The molecule has 0 radical (unpaired) electrons. The van der Waals surface area contributed by atoms with Crippen LogP contribution in [-0.4, -0.2) is 29.4 Å². The minimum absolute atomic E-state index is 0.153. The van der Waals surface area contributed by atoms with Gasteiger partial charge in [-0.2, -0.15) is 0 Å². The molecule has 5 nitrogen and oxygen atoms in total. The van der Waals surface area contributed by atoms with Crippen LogP contribution in [0.25, 0.3) is 0 Å². The Labute approximate surface area is 106 Å². The molecule has 1 amide bonds. The lowest BCUT2D eigenvalue weighted by Crippen LogP contribution is -2.44. The van der Waals surface area contributed by atoms with Gasteiger partial charge in [0.15, 0.2) is 4.32 Å². The number of hydrogen-bond acceptors (Lipinski definition) is 6. The molecule has 1 aliphatic rings. The first-order chi connectivity index (χ1) is 7.50. The van der Waals surface area contributed by atoms with E-state index in [2.05, 4.69) is 4.83 Å². The van der Waals surface area contributed by atoms with E-state index in [0.717, 1.165) is 28.1 Å². The molecule has 9 heteroatoms. The van der Waals surface area contributed by atoms with E-state index < -0.39 is 10.0 Å². The van der Waals surface area contributed by atoms with E-state index in [4.69, 9.17) is 12.2 Å². The molecule has 1 aromatic heterocycles. The fourth-order valence-corrected chi connectivity index (χ4v) is 4.13. The van der Waals surface area contributed by atoms with Crippen molar-refractivity contribution in [2.75, 3.05) is 5.75 Å². The molecular weight excluding hydrogens is 288 g/mol. The highest BCUT2D eigenvalue weighted by Gasteiger charge is 2.31. The number of hydrogen-bond donors (Lipinski definition) is 1. The van der Waals surface area contributed by atoms with Gasteiger partial charge in [0.1, 0.15) is 4.21 Å². The van der Waals surface area contributed by atoms with Gasteiger partial charge in [-0.05, 0) is 11.4 Å². The first-order valence-electron chi connectivity index (χ1n) is 4.06. The molecule has 1 aliphatic heterocycles. The van der Waals surface area contributed by atoms with E-state index in [1.807, 2.05) is 0 Å². The number of carbonyl (C=O) groups is 1. The third-order valence-electron chi connectivity index (χ3n) is 1.72. The summed E-state index contributed by atoms with van der Waals surface area (Å²) in [5.74, 6) is -0.179. The van der Waals surface area contributed by atoms with Crippen molar-refractivity contribution < 1.29 is 13.2 Å². The normalized spacial score (nSPS) is 17.1. The first-order valence-corrected chi connectivity index (χ1v) is 7.82. The van der Waals surface area contributed by atoms with Gasteiger partial charge in [0.05, 0.1) is 5.75 Å². The number of rotatable bonds is 3. The second kappa shape index (κ2) is 4.41. The number of thiophene rings is 1. The lowest BCUT2D eigenvalue weighted by Gasteiger charge is -2.15. The van der Waals surface area contributed by atoms with E-state index in [-0.39, 0.29) is 20.2 Å². The number of sulfonamides is 1. The van der Waals surface area contributed by atoms with Gasteiger partial charge in [-0.15, -0.1) is 16.2 Å². The van der Waals surface area contributed by atoms with Gasteiger partial charge in [-0.25, -0.2) is 13.4 Å². The zero-order chi connectivity index (χ0) is 11.8. The largest absolute Gasteiger partial charge is 0.272 e. The summed E-state index contributed by atoms with van der Waals surface area (Å²) in [5, 5.41) is 2.54. The highest BCUT2D eigenvalue weighted by Crippen LogP contribution is 2.21. The Kier molecular flexibility index (Phi) is 3.31.